The number of aromatic amines is 2. The molecule has 4 aromatic heterocycles. The van der Waals surface area contributed by atoms with Gasteiger partial charge in [0, 0.05) is 33.2 Å². The van der Waals surface area contributed by atoms with Crippen LogP contribution in [0.15, 0.2) is 39.0 Å². The molecule has 4 atom stereocenters. The van der Waals surface area contributed by atoms with Crippen molar-refractivity contribution in [1.29, 1.82) is 0 Å². The van der Waals surface area contributed by atoms with Crippen LogP contribution in [0.1, 0.15) is 32.2 Å². The third-order valence-electron chi connectivity index (χ3n) is 9.32. The number of aliphatic hydroxyl groups excluding tert-OH is 2. The Morgan fingerprint density at radius 3 is 2.40 bits per heavy atom. The highest BCUT2D eigenvalue weighted by atomic mass is 32.2. The Kier molecular flexibility index (Phi) is 12.3. The molecule has 0 aliphatic carbocycles. The zero-order valence-electron chi connectivity index (χ0n) is 31.3. The van der Waals surface area contributed by atoms with Crippen LogP contribution in [0, 0.1) is 0 Å². The number of benzene rings is 1. The number of nitrogen functional groups attached to an aromatic ring is 1. The fourth-order valence-corrected chi connectivity index (χ4v) is 8.28. The minimum absolute atomic E-state index is 0.0176. The molecular formula is C32H44N11O12PS. The Morgan fingerprint density at radius 1 is 1.02 bits per heavy atom. The molecule has 7 rings (SSSR count). The zero-order chi connectivity index (χ0) is 41.4. The number of nitrogens with zero attached hydrogens (tertiary/aromatic N) is 8. The molecule has 0 radical (unpaired) electrons. The Morgan fingerprint density at radius 2 is 1.74 bits per heavy atom. The number of nitrogens with two attached hydrogens (primary N) is 1. The van der Waals surface area contributed by atoms with Gasteiger partial charge in [-0.1, -0.05) is 13.3 Å². The van der Waals surface area contributed by atoms with Gasteiger partial charge in [-0.15, -0.1) is 0 Å². The second-order valence-corrected chi connectivity index (χ2v) is 16.5. The van der Waals surface area contributed by atoms with Crippen LogP contribution in [0.4, 0.5) is 5.95 Å². The number of hydrogen-bond acceptors (Lipinski definition) is 16. The number of fused-ring (bicyclic) bond motifs is 2. The van der Waals surface area contributed by atoms with Crippen molar-refractivity contribution in [2.24, 2.45) is 7.05 Å². The highest BCUT2D eigenvalue weighted by Gasteiger charge is 2.45. The zero-order valence-corrected chi connectivity index (χ0v) is 33.1. The normalized spacial score (nSPS) is 20.9. The quantitative estimate of drug-likeness (QED) is 0.0788. The molecule has 2 aliphatic heterocycles. The van der Waals surface area contributed by atoms with E-state index in [-0.39, 0.29) is 33.4 Å². The molecule has 0 unspecified atom stereocenters. The second-order valence-electron chi connectivity index (χ2n) is 13.3. The van der Waals surface area contributed by atoms with Gasteiger partial charge < -0.3 is 45.1 Å². The Hall–Kier alpha value is -4.62. The predicted octanol–water partition coefficient (Wildman–Crippen LogP) is -0.959. The van der Waals surface area contributed by atoms with Gasteiger partial charge in [0.2, 0.25) is 16.0 Å². The van der Waals surface area contributed by atoms with Crippen LogP contribution < -0.4 is 21.6 Å². The third-order valence-corrected chi connectivity index (χ3v) is 11.7. The van der Waals surface area contributed by atoms with E-state index < -0.39 is 54.6 Å². The number of H-pyrrole nitrogens is 2. The standard InChI is InChI=1S/C22H30N6O4S.C10H14N5O8P/c1-5-7-17-19-20(27(4)25-17)22(29)24-21(23-19)16-14-15(8-9-18(16)32-6-2)33(30,31)28-12-10-26(3)11-13-28;11-10-13-7-4(8(18)14-10)12-2-15(7)9-6(17)5(16)3(23-9)1-22-24(19,20)21/h8-9,14H,5-7,10-13H2,1-4H3,(H,23,24,29);2-3,5-6,9,16-17H,1H2,(H2,19,20,21)(H3,11,13,14,18)/t;3-,5-,6-,9-/m.1/s1. The van der Waals surface area contributed by atoms with E-state index in [4.69, 9.17) is 30.0 Å². The summed E-state index contributed by atoms with van der Waals surface area (Å²) < 4.78 is 57.0. The average Bonchev–Trinajstić information content (AvgIpc) is 3.80. The van der Waals surface area contributed by atoms with Crippen LogP contribution in [0.3, 0.4) is 0 Å². The molecule has 57 heavy (non-hydrogen) atoms. The van der Waals surface area contributed by atoms with Crippen molar-refractivity contribution in [3.05, 3.63) is 50.9 Å². The lowest BCUT2D eigenvalue weighted by Gasteiger charge is -2.31. The summed E-state index contributed by atoms with van der Waals surface area (Å²) in [5.41, 5.74) is 6.59. The Labute approximate surface area is 324 Å². The summed E-state index contributed by atoms with van der Waals surface area (Å²) in [6, 6.07) is 4.71. The van der Waals surface area contributed by atoms with Gasteiger partial charge in [-0.2, -0.15) is 14.4 Å². The van der Waals surface area contributed by atoms with Crippen molar-refractivity contribution < 1.29 is 47.0 Å². The van der Waals surface area contributed by atoms with Gasteiger partial charge in [-0.3, -0.25) is 28.3 Å². The van der Waals surface area contributed by atoms with Crippen molar-refractivity contribution in [1.82, 2.24) is 48.5 Å². The third kappa shape index (κ3) is 8.79. The molecule has 2 aliphatic rings. The number of ether oxygens (including phenoxy) is 2. The van der Waals surface area contributed by atoms with E-state index in [1.807, 2.05) is 20.9 Å². The summed E-state index contributed by atoms with van der Waals surface area (Å²) in [5, 5.41) is 24.5. The van der Waals surface area contributed by atoms with E-state index in [1.165, 1.54) is 19.9 Å². The van der Waals surface area contributed by atoms with Gasteiger partial charge in [0.15, 0.2) is 22.9 Å². The number of aliphatic hydroxyl groups is 2. The lowest BCUT2D eigenvalue weighted by Crippen LogP contribution is -2.47. The van der Waals surface area contributed by atoms with Gasteiger partial charge in [0.1, 0.15) is 35.4 Å². The number of anilines is 1. The fourth-order valence-electron chi connectivity index (χ4n) is 6.49. The van der Waals surface area contributed by atoms with E-state index in [0.29, 0.717) is 61.6 Å². The molecule has 25 heteroatoms. The van der Waals surface area contributed by atoms with Crippen LogP contribution in [-0.2, 0) is 37.3 Å². The highest BCUT2D eigenvalue weighted by Crippen LogP contribution is 2.39. The molecular weight excluding hydrogens is 793 g/mol. The molecule has 2 saturated heterocycles. The van der Waals surface area contributed by atoms with Gasteiger partial charge in [0.05, 0.1) is 35.7 Å². The van der Waals surface area contributed by atoms with Crippen molar-refractivity contribution >= 4 is 46.0 Å². The molecule has 6 heterocycles. The number of aryl methyl sites for hydroxylation is 2. The van der Waals surface area contributed by atoms with E-state index in [9.17, 15) is 32.8 Å². The smallest absolute Gasteiger partial charge is 0.469 e. The average molecular weight is 838 g/mol. The highest BCUT2D eigenvalue weighted by molar-refractivity contribution is 7.89. The van der Waals surface area contributed by atoms with E-state index in [0.717, 1.165) is 12.1 Å². The summed E-state index contributed by atoms with van der Waals surface area (Å²) >= 11 is 0. The number of aromatic nitrogens is 8. The first kappa shape index (κ1) is 42.0. The van der Waals surface area contributed by atoms with Crippen molar-refractivity contribution in [2.45, 2.75) is 56.1 Å². The molecule has 0 bridgehead atoms. The predicted molar refractivity (Wildman–Crippen MR) is 202 cm³/mol. The Bertz CT molecular complexity index is 2530. The van der Waals surface area contributed by atoms with Crippen LogP contribution in [-0.4, -0.2) is 142 Å². The summed E-state index contributed by atoms with van der Waals surface area (Å²) in [7, 11) is -4.77. The molecule has 0 amide bonds. The van der Waals surface area contributed by atoms with Crippen LogP contribution >= 0.6 is 7.82 Å². The number of piperazine rings is 1. The minimum atomic E-state index is -4.76. The van der Waals surface area contributed by atoms with E-state index in [2.05, 4.69) is 34.5 Å². The number of likely N-dealkylation sites (N-methyl/N-ethyl adjacent to an activating group) is 1. The molecule has 0 spiro atoms. The molecule has 2 fully saturated rings. The van der Waals surface area contributed by atoms with Crippen molar-refractivity contribution in [2.75, 3.05) is 52.2 Å². The summed E-state index contributed by atoms with van der Waals surface area (Å²) in [6.07, 6.45) is -2.67. The lowest BCUT2D eigenvalue weighted by atomic mass is 10.1. The maximum absolute atomic E-state index is 13.3. The summed E-state index contributed by atoms with van der Waals surface area (Å²) in [6.45, 7) is 5.83. The van der Waals surface area contributed by atoms with Crippen LogP contribution in [0.2, 0.25) is 0 Å². The molecule has 8 N–H and O–H groups in total. The van der Waals surface area contributed by atoms with Crippen LogP contribution in [0.5, 0.6) is 5.75 Å². The number of nitrogens with one attached hydrogen (secondary N) is 2. The van der Waals surface area contributed by atoms with Gasteiger partial charge in [0.25, 0.3) is 11.1 Å². The molecule has 0 saturated carbocycles. The monoisotopic (exact) mass is 837 g/mol. The second kappa shape index (κ2) is 16.7. The largest absolute Gasteiger partial charge is 0.493 e. The van der Waals surface area contributed by atoms with Crippen LogP contribution in [0.25, 0.3) is 33.6 Å². The maximum atomic E-state index is 13.3. The lowest BCUT2D eigenvalue weighted by molar-refractivity contribution is -0.0503. The molecule has 23 nitrogen and oxygen atoms in total. The van der Waals surface area contributed by atoms with Gasteiger partial charge in [-0.25, -0.2) is 23.0 Å². The number of hydrogen-bond donors (Lipinski definition) is 7. The van der Waals surface area contributed by atoms with Gasteiger partial charge in [-0.05, 0) is 38.6 Å². The minimum Gasteiger partial charge on any atom is -0.493 e. The number of sulfonamides is 1. The first-order valence-corrected chi connectivity index (χ1v) is 20.8. The summed E-state index contributed by atoms with van der Waals surface area (Å²) in [4.78, 5) is 61.8. The number of imidazole rings is 1. The number of phosphoric ester groups is 1. The Balaban J connectivity index is 0.000000203. The SMILES string of the molecule is CCCc1nn(C)c2c(=O)[nH]c(-c3cc(S(=O)(=O)N4CCN(C)CC4)ccc3OCC)nc12.Nc1nc2c(ncn2[C@@H]2O[C@H](COP(=O)(O)O)[C@@H](O)[C@H]2O)c(=O)[nH]1. The topological polar surface area (TPSA) is 319 Å². The number of rotatable bonds is 11. The first-order chi connectivity index (χ1) is 26.9. The van der Waals surface area contributed by atoms with Gasteiger partial charge >= 0.3 is 7.82 Å². The number of phosphoric acid groups is 1. The van der Waals surface area contributed by atoms with Crippen molar-refractivity contribution in [3.8, 4) is 17.1 Å². The van der Waals surface area contributed by atoms with Crippen molar-refractivity contribution in [3.63, 3.8) is 0 Å². The van der Waals surface area contributed by atoms with E-state index >= 15 is 0 Å². The molecule has 310 valence electrons. The molecule has 1 aromatic carbocycles. The maximum Gasteiger partial charge on any atom is 0.469 e. The first-order valence-electron chi connectivity index (χ1n) is 17.8. The summed E-state index contributed by atoms with van der Waals surface area (Å²) in [5.74, 6) is 0.540. The fraction of sp³-hybridized carbons (Fsp3) is 0.500. The molecule has 5 aromatic rings. The van der Waals surface area contributed by atoms with E-state index in [1.54, 1.807) is 25.2 Å².